The standard InChI is InChI=1S/C17H11N3O3/c18-9-10-6-7-13(21)12(8-10)20-15-14(16(22)17(15)23)19-11-4-2-1-3-5-11/h1-8,19-21H. The van der Waals surface area contributed by atoms with Crippen LogP contribution in [0.4, 0.5) is 22.7 Å². The van der Waals surface area contributed by atoms with Crippen molar-refractivity contribution in [2.75, 3.05) is 10.6 Å². The van der Waals surface area contributed by atoms with Crippen molar-refractivity contribution in [2.24, 2.45) is 0 Å². The van der Waals surface area contributed by atoms with Crippen molar-refractivity contribution in [3.8, 4) is 11.8 Å². The lowest BCUT2D eigenvalue weighted by atomic mass is 10.1. The summed E-state index contributed by atoms with van der Waals surface area (Å²) in [7, 11) is 0. The number of benzene rings is 2. The van der Waals surface area contributed by atoms with Gasteiger partial charge in [-0.2, -0.15) is 5.26 Å². The fourth-order valence-electron chi connectivity index (χ4n) is 2.14. The molecule has 3 aromatic carbocycles. The van der Waals surface area contributed by atoms with Gasteiger partial charge in [0.1, 0.15) is 17.1 Å². The summed E-state index contributed by atoms with van der Waals surface area (Å²) >= 11 is 0. The highest BCUT2D eigenvalue weighted by molar-refractivity contribution is 5.83. The minimum absolute atomic E-state index is 0.0595. The number of para-hydroxylation sites is 1. The molecule has 0 aliphatic heterocycles. The summed E-state index contributed by atoms with van der Waals surface area (Å²) in [5.41, 5.74) is 0.0520. The van der Waals surface area contributed by atoms with E-state index in [1.807, 2.05) is 12.1 Å². The van der Waals surface area contributed by atoms with Gasteiger partial charge < -0.3 is 15.7 Å². The third-order valence-electron chi connectivity index (χ3n) is 3.34. The highest BCUT2D eigenvalue weighted by Crippen LogP contribution is 2.30. The molecule has 0 fully saturated rings. The zero-order valence-electron chi connectivity index (χ0n) is 11.8. The Kier molecular flexibility index (Phi) is 3.53. The Bertz CT molecular complexity index is 981. The van der Waals surface area contributed by atoms with Crippen LogP contribution in [0.1, 0.15) is 5.56 Å². The minimum Gasteiger partial charge on any atom is -0.506 e. The Labute approximate surface area is 130 Å². The number of nitrogens with one attached hydrogen (secondary N) is 2. The van der Waals surface area contributed by atoms with E-state index in [1.54, 1.807) is 24.3 Å². The largest absolute Gasteiger partial charge is 0.506 e. The summed E-state index contributed by atoms with van der Waals surface area (Å²) in [5.74, 6) is -0.122. The predicted molar refractivity (Wildman–Crippen MR) is 87.2 cm³/mol. The third-order valence-corrected chi connectivity index (χ3v) is 3.34. The first-order valence-corrected chi connectivity index (χ1v) is 6.75. The van der Waals surface area contributed by atoms with Crippen molar-refractivity contribution >= 4 is 22.7 Å². The fourth-order valence-corrected chi connectivity index (χ4v) is 2.14. The summed E-state index contributed by atoms with van der Waals surface area (Å²) in [6.07, 6.45) is 0. The number of phenolic OH excluding ortho intramolecular Hbond substituents is 1. The molecular weight excluding hydrogens is 294 g/mol. The van der Waals surface area contributed by atoms with Crippen molar-refractivity contribution in [2.45, 2.75) is 0 Å². The second-order valence-corrected chi connectivity index (χ2v) is 4.87. The van der Waals surface area contributed by atoms with Gasteiger partial charge in [0.25, 0.3) is 10.9 Å². The molecule has 0 unspecified atom stereocenters. The van der Waals surface area contributed by atoms with Crippen LogP contribution >= 0.6 is 0 Å². The quantitative estimate of drug-likeness (QED) is 0.505. The van der Waals surface area contributed by atoms with Gasteiger partial charge in [0, 0.05) is 5.69 Å². The Morgan fingerprint density at radius 2 is 1.57 bits per heavy atom. The van der Waals surface area contributed by atoms with E-state index in [0.717, 1.165) is 0 Å². The average Bonchev–Trinajstić information content (AvgIpc) is 2.60. The summed E-state index contributed by atoms with van der Waals surface area (Å²) in [6.45, 7) is 0. The first-order chi connectivity index (χ1) is 11.1. The number of nitriles is 1. The fraction of sp³-hybridized carbons (Fsp3) is 0. The molecule has 3 rings (SSSR count). The molecule has 0 aliphatic carbocycles. The smallest absolute Gasteiger partial charge is 0.253 e. The van der Waals surface area contributed by atoms with E-state index in [1.165, 1.54) is 18.2 Å². The van der Waals surface area contributed by atoms with Gasteiger partial charge in [0.15, 0.2) is 0 Å². The van der Waals surface area contributed by atoms with Crippen molar-refractivity contribution in [3.63, 3.8) is 0 Å². The van der Waals surface area contributed by atoms with E-state index in [9.17, 15) is 14.7 Å². The van der Waals surface area contributed by atoms with Crippen LogP contribution < -0.4 is 21.5 Å². The Balaban J connectivity index is 1.93. The molecule has 0 radical (unpaired) electrons. The number of nitrogens with zero attached hydrogens (tertiary/aromatic N) is 1. The molecule has 112 valence electrons. The molecular formula is C17H11N3O3. The molecule has 0 amide bonds. The number of phenols is 1. The molecule has 0 aliphatic rings. The van der Waals surface area contributed by atoms with Crippen LogP contribution in [0.15, 0.2) is 58.1 Å². The lowest BCUT2D eigenvalue weighted by Crippen LogP contribution is -2.35. The van der Waals surface area contributed by atoms with Crippen molar-refractivity contribution < 1.29 is 5.11 Å². The first-order valence-electron chi connectivity index (χ1n) is 6.75. The van der Waals surface area contributed by atoms with Crippen molar-refractivity contribution in [1.82, 2.24) is 0 Å². The number of anilines is 4. The number of rotatable bonds is 4. The molecule has 3 N–H and O–H groups in total. The number of hydrogen-bond donors (Lipinski definition) is 3. The van der Waals surface area contributed by atoms with Gasteiger partial charge in [-0.3, -0.25) is 9.59 Å². The maximum Gasteiger partial charge on any atom is 0.253 e. The van der Waals surface area contributed by atoms with Gasteiger partial charge in [-0.1, -0.05) is 18.2 Å². The second kappa shape index (κ2) is 5.66. The number of hydrogen-bond acceptors (Lipinski definition) is 6. The molecule has 3 aromatic rings. The van der Waals surface area contributed by atoms with E-state index < -0.39 is 10.9 Å². The maximum atomic E-state index is 11.8. The summed E-state index contributed by atoms with van der Waals surface area (Å²) in [5, 5.41) is 24.3. The Morgan fingerprint density at radius 1 is 0.913 bits per heavy atom. The second-order valence-electron chi connectivity index (χ2n) is 4.87. The van der Waals surface area contributed by atoms with E-state index in [0.29, 0.717) is 11.3 Å². The molecule has 6 heteroatoms. The van der Waals surface area contributed by atoms with Gasteiger partial charge in [-0.15, -0.1) is 0 Å². The van der Waals surface area contributed by atoms with Crippen molar-refractivity contribution in [1.29, 1.82) is 5.26 Å². The van der Waals surface area contributed by atoms with E-state index >= 15 is 0 Å². The van der Waals surface area contributed by atoms with Crippen LogP contribution in [0.2, 0.25) is 0 Å². The molecule has 0 spiro atoms. The predicted octanol–water partition coefficient (Wildman–Crippen LogP) is 2.35. The minimum atomic E-state index is -0.676. The molecule has 0 bridgehead atoms. The summed E-state index contributed by atoms with van der Waals surface area (Å²) in [6, 6.07) is 15.1. The third kappa shape index (κ3) is 2.63. The molecule has 6 nitrogen and oxygen atoms in total. The summed E-state index contributed by atoms with van der Waals surface area (Å²) in [4.78, 5) is 23.5. The van der Waals surface area contributed by atoms with Crippen LogP contribution in [0.3, 0.4) is 0 Å². The average molecular weight is 305 g/mol. The zero-order chi connectivity index (χ0) is 16.4. The summed E-state index contributed by atoms with van der Waals surface area (Å²) < 4.78 is 0. The monoisotopic (exact) mass is 305 g/mol. The molecule has 0 saturated carbocycles. The van der Waals surface area contributed by atoms with Crippen LogP contribution in [-0.2, 0) is 0 Å². The van der Waals surface area contributed by atoms with Gasteiger partial charge in [0.05, 0.1) is 17.3 Å². The normalized spacial score (nSPS) is 10.2. The number of aromatic hydroxyl groups is 1. The Hall–Kier alpha value is -3.59. The van der Waals surface area contributed by atoms with Gasteiger partial charge in [-0.05, 0) is 30.3 Å². The molecule has 0 atom stereocenters. The van der Waals surface area contributed by atoms with E-state index in [-0.39, 0.29) is 22.8 Å². The Morgan fingerprint density at radius 3 is 2.22 bits per heavy atom. The van der Waals surface area contributed by atoms with E-state index in [2.05, 4.69) is 10.6 Å². The van der Waals surface area contributed by atoms with Gasteiger partial charge in [0.2, 0.25) is 0 Å². The highest BCUT2D eigenvalue weighted by atomic mass is 16.3. The van der Waals surface area contributed by atoms with Crippen LogP contribution in [0, 0.1) is 11.3 Å². The molecule has 0 heterocycles. The lowest BCUT2D eigenvalue weighted by molar-refractivity contribution is 0.477. The van der Waals surface area contributed by atoms with Crippen LogP contribution in [0.25, 0.3) is 0 Å². The maximum absolute atomic E-state index is 11.8. The SMILES string of the molecule is N#Cc1ccc(O)c(Nc2c(Nc3ccccc3)c(=O)c2=O)c1. The van der Waals surface area contributed by atoms with Gasteiger partial charge in [-0.25, -0.2) is 0 Å². The highest BCUT2D eigenvalue weighted by Gasteiger charge is 2.22. The molecule has 0 aromatic heterocycles. The molecule has 23 heavy (non-hydrogen) atoms. The van der Waals surface area contributed by atoms with Crippen LogP contribution in [-0.4, -0.2) is 5.11 Å². The van der Waals surface area contributed by atoms with E-state index in [4.69, 9.17) is 5.26 Å². The molecule has 0 saturated heterocycles. The first kappa shape index (κ1) is 14.4. The van der Waals surface area contributed by atoms with Crippen LogP contribution in [0.5, 0.6) is 5.75 Å². The van der Waals surface area contributed by atoms with Gasteiger partial charge >= 0.3 is 0 Å². The topological polar surface area (TPSA) is 102 Å². The zero-order valence-corrected chi connectivity index (χ0v) is 11.8. The lowest BCUT2D eigenvalue weighted by Gasteiger charge is -2.15. The van der Waals surface area contributed by atoms with Crippen molar-refractivity contribution in [3.05, 3.63) is 74.5 Å².